The van der Waals surface area contributed by atoms with Crippen molar-refractivity contribution in [2.75, 3.05) is 90.6 Å². The van der Waals surface area contributed by atoms with Crippen molar-refractivity contribution in [2.24, 2.45) is 0 Å². The molecule has 3 aliphatic heterocycles. The second kappa shape index (κ2) is 26.2. The highest BCUT2D eigenvalue weighted by Crippen LogP contribution is 2.35. The first-order valence-corrected chi connectivity index (χ1v) is 38.4. The molecule has 3 aromatic carbocycles. The van der Waals surface area contributed by atoms with Crippen LogP contribution in [-0.2, 0) is 39.3 Å². The summed E-state index contributed by atoms with van der Waals surface area (Å²) < 4.78 is 99.8. The largest absolute Gasteiger partial charge is 0.393 e. The fraction of sp³-hybridized carbons (Fsp3) is 0.441. The summed E-state index contributed by atoms with van der Waals surface area (Å²) in [6.07, 6.45) is 24.2. The van der Waals surface area contributed by atoms with Gasteiger partial charge < -0.3 is 25.1 Å². The molecule has 4 aliphatic rings. The maximum atomic E-state index is 11.9. The fourth-order valence-corrected chi connectivity index (χ4v) is 16.2. The molecule has 0 unspecified atom stereocenters. The summed E-state index contributed by atoms with van der Waals surface area (Å²) in [5, 5.41) is 29.3. The third-order valence-electron chi connectivity index (χ3n) is 17.0. The van der Waals surface area contributed by atoms with Gasteiger partial charge in [0.2, 0.25) is 20.9 Å². The number of thioether (sulfide) groups is 1. The summed E-state index contributed by atoms with van der Waals surface area (Å²) >= 11 is 1.49. The Morgan fingerprint density at radius 1 is 0.461 bits per heavy atom. The van der Waals surface area contributed by atoms with E-state index in [2.05, 4.69) is 72.4 Å². The Morgan fingerprint density at radius 3 is 1.21 bits per heavy atom. The number of aromatic nitrogens is 12. The summed E-state index contributed by atoms with van der Waals surface area (Å²) in [5.41, 5.74) is 5.83. The molecule has 0 radical (unpaired) electrons. The minimum atomic E-state index is -3.53. The number of rotatable bonds is 13. The first-order valence-electron chi connectivity index (χ1n) is 29.4. The molecule has 9 heterocycles. The van der Waals surface area contributed by atoms with Gasteiger partial charge in [0.1, 0.15) is 29.5 Å². The van der Waals surface area contributed by atoms with E-state index in [-0.39, 0.29) is 33.1 Å². The minimum Gasteiger partial charge on any atom is -0.393 e. The lowest BCUT2D eigenvalue weighted by Crippen LogP contribution is -2.39. The number of hydrogen-bond donors (Lipinski definition) is 2. The van der Waals surface area contributed by atoms with E-state index in [9.17, 15) is 38.8 Å². The molecule has 9 aromatic rings. The van der Waals surface area contributed by atoms with Crippen LogP contribution in [0.5, 0.6) is 0 Å². The van der Waals surface area contributed by atoms with Crippen LogP contribution in [-0.4, -0.2) is 196 Å². The molecular weight excluding hydrogens is 1240 g/mol. The van der Waals surface area contributed by atoms with Crippen LogP contribution in [0.1, 0.15) is 64.2 Å². The lowest BCUT2D eigenvalue weighted by atomic mass is 9.93. The van der Waals surface area contributed by atoms with Crippen molar-refractivity contribution in [1.29, 1.82) is 0 Å². The molecule has 89 heavy (non-hydrogen) atoms. The molecule has 472 valence electrons. The summed E-state index contributed by atoms with van der Waals surface area (Å²) in [7, 11) is -12.5. The van der Waals surface area contributed by atoms with E-state index in [0.29, 0.717) is 87.4 Å². The molecule has 1 aliphatic carbocycles. The van der Waals surface area contributed by atoms with Gasteiger partial charge in [-0.15, -0.1) is 0 Å². The molecule has 13 rings (SSSR count). The highest BCUT2D eigenvalue weighted by Gasteiger charge is 2.31. The molecule has 25 nitrogen and oxygen atoms in total. The van der Waals surface area contributed by atoms with Crippen molar-refractivity contribution >= 4 is 107 Å². The summed E-state index contributed by atoms with van der Waals surface area (Å²) in [4.78, 5) is 32.5. The topological polar surface area (TPSA) is 309 Å². The van der Waals surface area contributed by atoms with E-state index in [1.165, 1.54) is 36.7 Å². The Bertz CT molecular complexity index is 4480. The number of sulfone groups is 4. The van der Waals surface area contributed by atoms with Gasteiger partial charge in [0.05, 0.1) is 57.0 Å². The molecule has 0 atom stereocenters. The zero-order valence-corrected chi connectivity index (χ0v) is 54.1. The van der Waals surface area contributed by atoms with Crippen molar-refractivity contribution in [3.8, 4) is 17.5 Å². The van der Waals surface area contributed by atoms with E-state index < -0.39 is 39.3 Å². The monoisotopic (exact) mass is 1310 g/mol. The lowest BCUT2D eigenvalue weighted by Gasteiger charge is -2.33. The first-order chi connectivity index (χ1) is 42.5. The van der Waals surface area contributed by atoms with Crippen LogP contribution >= 0.6 is 11.8 Å². The average molecular weight is 1310 g/mol. The van der Waals surface area contributed by atoms with Gasteiger partial charge in [-0.2, -0.15) is 25.3 Å². The summed E-state index contributed by atoms with van der Waals surface area (Å²) in [6, 6.07) is 23.5. The maximum absolute atomic E-state index is 11.9. The van der Waals surface area contributed by atoms with Crippen molar-refractivity contribution in [3.63, 3.8) is 0 Å². The Kier molecular flexibility index (Phi) is 18.6. The quantitative estimate of drug-likeness (QED) is 0.0941. The predicted octanol–water partition coefficient (Wildman–Crippen LogP) is 6.33. The second-order valence-corrected chi connectivity index (χ2v) is 32.8. The van der Waals surface area contributed by atoms with Gasteiger partial charge in [-0.05, 0) is 107 Å². The highest BCUT2D eigenvalue weighted by molar-refractivity contribution is 7.98. The van der Waals surface area contributed by atoms with Crippen LogP contribution in [0.25, 0.3) is 50.2 Å². The van der Waals surface area contributed by atoms with Crippen molar-refractivity contribution in [2.45, 2.75) is 102 Å². The average Bonchev–Trinajstić information content (AvgIpc) is 1.85. The Morgan fingerprint density at radius 2 is 0.831 bits per heavy atom. The number of anilines is 4. The number of piperidine rings is 3. The standard InChI is InChI=1S/C23H30N6O3S.C18H21N5O4S2.C18H21N5O2S2/c1-33(31,32)18-10-13-28(14-11-18)20-3-2-4-21-19(20)15-25-29(21)22-9-12-24-23(27-22)26-16-5-7-17(30)8-6-16;1-28(24,25)13-7-10-22(11-8-13)15-4-3-5-16-14(15)12-20-23(16)17-6-9-19-18(21-17)29(2,26)27;1-26-18-19-9-6-17(21-18)23-16-5-3-4-15(14(16)12-20-23)22-10-7-13(8-11-22)27(2,24)25/h2-4,9,12,15-18,30H,5-8,10-11,13-14H2,1H3,(H,24,26,27);3-6,9,12-13H,7-8,10-11H2,1-2H3;3-6,9,12-13H,7-8,10-11H2,1-2H3. The third kappa shape index (κ3) is 14.5. The van der Waals surface area contributed by atoms with Crippen LogP contribution in [0, 0.1) is 0 Å². The highest BCUT2D eigenvalue weighted by atomic mass is 32.2. The van der Waals surface area contributed by atoms with Crippen molar-refractivity contribution in [1.82, 2.24) is 59.2 Å². The predicted molar refractivity (Wildman–Crippen MR) is 347 cm³/mol. The van der Waals surface area contributed by atoms with Crippen LogP contribution in [0.3, 0.4) is 0 Å². The lowest BCUT2D eigenvalue weighted by molar-refractivity contribution is 0.126. The fourth-order valence-electron chi connectivity index (χ4n) is 12.2. The number of nitrogens with one attached hydrogen (secondary N) is 1. The Labute approximate surface area is 522 Å². The number of hydrogen-bond acceptors (Lipinski definition) is 23. The molecule has 4 fully saturated rings. The van der Waals surface area contributed by atoms with Gasteiger partial charge >= 0.3 is 0 Å². The van der Waals surface area contributed by atoms with Crippen molar-refractivity contribution in [3.05, 3.63) is 110 Å². The summed E-state index contributed by atoms with van der Waals surface area (Å²) in [6.45, 7) is 4.17. The van der Waals surface area contributed by atoms with E-state index in [4.69, 9.17) is 4.98 Å². The maximum Gasteiger partial charge on any atom is 0.248 e. The molecular formula is C59H72N16O9S5. The van der Waals surface area contributed by atoms with Crippen LogP contribution in [0.4, 0.5) is 23.0 Å². The molecule has 3 saturated heterocycles. The zero-order valence-electron chi connectivity index (χ0n) is 50.1. The molecule has 6 aromatic heterocycles. The van der Waals surface area contributed by atoms with Gasteiger partial charge in [0.25, 0.3) is 0 Å². The van der Waals surface area contributed by atoms with Crippen molar-refractivity contribution < 1.29 is 38.8 Å². The molecule has 30 heteroatoms. The van der Waals surface area contributed by atoms with E-state index in [1.807, 2.05) is 82.6 Å². The van der Waals surface area contributed by atoms with E-state index in [1.54, 1.807) is 29.3 Å². The molecule has 0 amide bonds. The van der Waals surface area contributed by atoms with E-state index >= 15 is 0 Å². The smallest absolute Gasteiger partial charge is 0.248 e. The molecule has 0 bridgehead atoms. The number of fused-ring (bicyclic) bond motifs is 3. The molecule has 2 N–H and O–H groups in total. The van der Waals surface area contributed by atoms with Gasteiger partial charge in [0, 0.05) is 140 Å². The third-order valence-corrected chi connectivity index (χ3v) is 23.5. The first kappa shape index (κ1) is 63.2. The number of benzene rings is 3. The van der Waals surface area contributed by atoms with Crippen LogP contribution in [0.15, 0.2) is 120 Å². The van der Waals surface area contributed by atoms with Gasteiger partial charge in [-0.25, -0.2) is 67.7 Å². The van der Waals surface area contributed by atoms with Gasteiger partial charge in [-0.3, -0.25) is 0 Å². The minimum absolute atomic E-state index is 0.197. The normalized spacial score (nSPS) is 18.6. The SMILES string of the molecule is CS(=O)(=O)C1CCN(c2cccc3c2cnn3-c2ccnc(NC3CCC(O)CC3)n2)CC1.CS(=O)(=O)c1nccc(-n2ncc3c(N4CCC(S(C)(=O)=O)CC4)cccc32)n1.CSc1nccc(-n2ncc3c(N4CCC(S(C)(=O)=O)CC4)cccc32)n1. The van der Waals surface area contributed by atoms with Crippen LogP contribution in [0.2, 0.25) is 0 Å². The van der Waals surface area contributed by atoms with Crippen LogP contribution < -0.4 is 20.0 Å². The number of nitrogens with zero attached hydrogens (tertiary/aromatic N) is 15. The van der Waals surface area contributed by atoms with Gasteiger partial charge in [-0.1, -0.05) is 30.0 Å². The number of aliphatic hydroxyl groups is 1. The molecule has 1 saturated carbocycles. The molecule has 0 spiro atoms. The number of aliphatic hydroxyl groups excluding tert-OH is 1. The zero-order chi connectivity index (χ0) is 62.8. The summed E-state index contributed by atoms with van der Waals surface area (Å²) in [5.74, 6) is 2.35. The Hall–Kier alpha value is -7.38. The van der Waals surface area contributed by atoms with E-state index in [0.717, 1.165) is 101 Å². The van der Waals surface area contributed by atoms with Gasteiger partial charge in [0.15, 0.2) is 22.6 Å². The Balaban J connectivity index is 0.000000138. The second-order valence-electron chi connectivity index (χ2n) is 23.1.